The quantitative estimate of drug-likeness (QED) is 0.479. The van der Waals surface area contributed by atoms with Crippen LogP contribution in [-0.4, -0.2) is 21.6 Å². The number of nitrogens with one attached hydrogen (secondary N) is 2. The fourth-order valence-corrected chi connectivity index (χ4v) is 3.74. The van der Waals surface area contributed by atoms with E-state index in [9.17, 15) is 9.59 Å². The molecule has 1 unspecified atom stereocenters. The second-order valence-electron chi connectivity index (χ2n) is 5.20. The molecule has 1 aromatic carbocycles. The minimum absolute atomic E-state index is 0.123. The zero-order valence-corrected chi connectivity index (χ0v) is 14.8. The van der Waals surface area contributed by atoms with Crippen LogP contribution in [0.5, 0.6) is 0 Å². The van der Waals surface area contributed by atoms with Gasteiger partial charge in [0.1, 0.15) is 5.82 Å². The number of aromatic amines is 1. The lowest BCUT2D eigenvalue weighted by molar-refractivity contribution is -0.116. The van der Waals surface area contributed by atoms with E-state index in [0.717, 1.165) is 0 Å². The first-order chi connectivity index (χ1) is 11.5. The second-order valence-corrected chi connectivity index (χ2v) is 7.06. The van der Waals surface area contributed by atoms with Crippen molar-refractivity contribution in [1.82, 2.24) is 9.97 Å². The Bertz CT molecular complexity index is 882. The highest BCUT2D eigenvalue weighted by molar-refractivity contribution is 7.99. The van der Waals surface area contributed by atoms with Gasteiger partial charge in [0.2, 0.25) is 5.91 Å². The number of H-pyrrole nitrogens is 1. The Labute approximate surface area is 152 Å². The molecule has 1 aliphatic heterocycles. The summed E-state index contributed by atoms with van der Waals surface area (Å²) in [6.45, 7) is 3.63. The van der Waals surface area contributed by atoms with Gasteiger partial charge in [-0.05, 0) is 17.7 Å². The lowest BCUT2D eigenvalue weighted by Gasteiger charge is -2.25. The standard InChI is InChI=1S/C16H13Cl2N3O2S/c1-2-5-24-16-20-14-13(15(23)21-16)10(7-12(22)19-14)9-4-3-8(17)6-11(9)18/h2-4,6,10H,1,5,7H2,(H2,19,20,21,22,23). The molecule has 24 heavy (non-hydrogen) atoms. The van der Waals surface area contributed by atoms with Crippen molar-refractivity contribution in [2.75, 3.05) is 11.1 Å². The van der Waals surface area contributed by atoms with Crippen molar-refractivity contribution in [3.05, 3.63) is 62.4 Å². The Morgan fingerprint density at radius 3 is 2.88 bits per heavy atom. The number of hydrogen-bond acceptors (Lipinski definition) is 4. The number of carbonyl (C=O) groups excluding carboxylic acids is 1. The van der Waals surface area contributed by atoms with E-state index in [1.165, 1.54) is 11.8 Å². The molecule has 5 nitrogen and oxygen atoms in total. The van der Waals surface area contributed by atoms with Gasteiger partial charge in [-0.15, -0.1) is 6.58 Å². The highest BCUT2D eigenvalue weighted by Crippen LogP contribution is 2.38. The van der Waals surface area contributed by atoms with E-state index in [0.29, 0.717) is 32.1 Å². The van der Waals surface area contributed by atoms with Gasteiger partial charge >= 0.3 is 0 Å². The zero-order chi connectivity index (χ0) is 17.3. The molecule has 1 aliphatic rings. The fraction of sp³-hybridized carbons (Fsp3) is 0.188. The molecular formula is C16H13Cl2N3O2S. The average Bonchev–Trinajstić information content (AvgIpc) is 2.51. The monoisotopic (exact) mass is 381 g/mol. The average molecular weight is 382 g/mol. The first kappa shape index (κ1) is 17.1. The van der Waals surface area contributed by atoms with Crippen LogP contribution in [0.1, 0.15) is 23.5 Å². The number of anilines is 1. The molecular weight excluding hydrogens is 369 g/mol. The molecule has 1 atom stereocenters. The molecule has 2 aromatic rings. The molecule has 2 heterocycles. The lowest BCUT2D eigenvalue weighted by atomic mass is 9.87. The van der Waals surface area contributed by atoms with Gasteiger partial charge in [0, 0.05) is 28.1 Å². The van der Waals surface area contributed by atoms with Crippen molar-refractivity contribution in [3.63, 3.8) is 0 Å². The summed E-state index contributed by atoms with van der Waals surface area (Å²) < 4.78 is 0. The van der Waals surface area contributed by atoms with Crippen molar-refractivity contribution >= 4 is 46.7 Å². The van der Waals surface area contributed by atoms with Crippen molar-refractivity contribution in [2.24, 2.45) is 0 Å². The number of fused-ring (bicyclic) bond motifs is 1. The van der Waals surface area contributed by atoms with Crippen LogP contribution in [0.2, 0.25) is 10.0 Å². The van der Waals surface area contributed by atoms with Crippen LogP contribution in [0, 0.1) is 0 Å². The second kappa shape index (κ2) is 7.01. The molecule has 0 bridgehead atoms. The fourth-order valence-electron chi connectivity index (χ4n) is 2.61. The van der Waals surface area contributed by atoms with Crippen LogP contribution in [0.4, 0.5) is 5.82 Å². The van der Waals surface area contributed by atoms with E-state index >= 15 is 0 Å². The first-order valence-electron chi connectivity index (χ1n) is 7.12. The third-order valence-electron chi connectivity index (χ3n) is 3.61. The number of halogens is 2. The summed E-state index contributed by atoms with van der Waals surface area (Å²) in [7, 11) is 0. The lowest BCUT2D eigenvalue weighted by Crippen LogP contribution is -2.31. The van der Waals surface area contributed by atoms with Crippen LogP contribution in [0.15, 0.2) is 40.8 Å². The smallest absolute Gasteiger partial charge is 0.257 e. The van der Waals surface area contributed by atoms with E-state index < -0.39 is 5.92 Å². The van der Waals surface area contributed by atoms with Gasteiger partial charge in [0.05, 0.1) is 5.56 Å². The van der Waals surface area contributed by atoms with Gasteiger partial charge in [0.25, 0.3) is 5.56 Å². The highest BCUT2D eigenvalue weighted by atomic mass is 35.5. The molecule has 124 valence electrons. The van der Waals surface area contributed by atoms with Gasteiger partial charge in [-0.2, -0.15) is 0 Å². The van der Waals surface area contributed by atoms with Crippen molar-refractivity contribution in [2.45, 2.75) is 17.5 Å². The van der Waals surface area contributed by atoms with Crippen LogP contribution in [0.3, 0.4) is 0 Å². The Kier molecular flexibility index (Phi) is 4.99. The summed E-state index contributed by atoms with van der Waals surface area (Å²) in [4.78, 5) is 31.7. The minimum Gasteiger partial charge on any atom is -0.310 e. The van der Waals surface area contributed by atoms with E-state index in [1.807, 2.05) is 0 Å². The molecule has 1 amide bonds. The first-order valence-corrected chi connectivity index (χ1v) is 8.86. The molecule has 0 fully saturated rings. The molecule has 0 radical (unpaired) electrons. The number of benzene rings is 1. The summed E-state index contributed by atoms with van der Waals surface area (Å²) in [5.74, 6) is 0.198. The number of hydrogen-bond donors (Lipinski definition) is 2. The molecule has 0 spiro atoms. The topological polar surface area (TPSA) is 74.8 Å². The maximum absolute atomic E-state index is 12.6. The van der Waals surface area contributed by atoms with Crippen molar-refractivity contribution in [3.8, 4) is 0 Å². The number of aromatic nitrogens is 2. The Hall–Kier alpha value is -1.76. The predicted octanol–water partition coefficient (Wildman–Crippen LogP) is 3.83. The Balaban J connectivity index is 2.11. The summed E-state index contributed by atoms with van der Waals surface area (Å²) in [6, 6.07) is 5.02. The van der Waals surface area contributed by atoms with Gasteiger partial charge in [-0.25, -0.2) is 4.98 Å². The predicted molar refractivity (Wildman–Crippen MR) is 97.3 cm³/mol. The maximum Gasteiger partial charge on any atom is 0.257 e. The van der Waals surface area contributed by atoms with Crippen LogP contribution in [0.25, 0.3) is 0 Å². The van der Waals surface area contributed by atoms with Crippen molar-refractivity contribution in [1.29, 1.82) is 0 Å². The summed E-state index contributed by atoms with van der Waals surface area (Å²) >= 11 is 13.5. The summed E-state index contributed by atoms with van der Waals surface area (Å²) in [6.07, 6.45) is 1.83. The molecule has 0 saturated carbocycles. The van der Waals surface area contributed by atoms with E-state index in [-0.39, 0.29) is 23.7 Å². The van der Waals surface area contributed by atoms with E-state index in [4.69, 9.17) is 23.2 Å². The highest BCUT2D eigenvalue weighted by Gasteiger charge is 2.32. The molecule has 2 N–H and O–H groups in total. The van der Waals surface area contributed by atoms with Gasteiger partial charge in [-0.3, -0.25) is 9.59 Å². The molecule has 3 rings (SSSR count). The SMILES string of the molecule is C=CCSc1nc2c(c(=O)[nH]1)C(c1ccc(Cl)cc1Cl)CC(=O)N2. The number of amides is 1. The summed E-state index contributed by atoms with van der Waals surface area (Å²) in [5, 5.41) is 4.01. The molecule has 8 heteroatoms. The van der Waals surface area contributed by atoms with E-state index in [2.05, 4.69) is 21.9 Å². The number of thioether (sulfide) groups is 1. The van der Waals surface area contributed by atoms with Gasteiger partial charge in [0.15, 0.2) is 5.16 Å². The molecule has 0 aliphatic carbocycles. The Morgan fingerprint density at radius 2 is 2.17 bits per heavy atom. The molecule has 0 saturated heterocycles. The number of carbonyl (C=O) groups is 1. The zero-order valence-electron chi connectivity index (χ0n) is 12.4. The van der Waals surface area contributed by atoms with Gasteiger partial charge in [-0.1, -0.05) is 47.1 Å². The summed E-state index contributed by atoms with van der Waals surface area (Å²) in [5.41, 5.74) is 0.792. The van der Waals surface area contributed by atoms with Crippen molar-refractivity contribution < 1.29 is 4.79 Å². The largest absolute Gasteiger partial charge is 0.310 e. The van der Waals surface area contributed by atoms with Crippen LogP contribution >= 0.6 is 35.0 Å². The Morgan fingerprint density at radius 1 is 1.38 bits per heavy atom. The van der Waals surface area contributed by atoms with Gasteiger partial charge < -0.3 is 10.3 Å². The van der Waals surface area contributed by atoms with Crippen LogP contribution in [-0.2, 0) is 4.79 Å². The molecule has 1 aromatic heterocycles. The third-order valence-corrected chi connectivity index (χ3v) is 5.04. The number of nitrogens with zero attached hydrogens (tertiary/aromatic N) is 1. The number of rotatable bonds is 4. The third kappa shape index (κ3) is 3.36. The van der Waals surface area contributed by atoms with E-state index in [1.54, 1.807) is 24.3 Å². The minimum atomic E-state index is -0.465. The maximum atomic E-state index is 12.6. The van der Waals surface area contributed by atoms with Crippen LogP contribution < -0.4 is 10.9 Å². The normalized spacial score (nSPS) is 16.4.